The maximum absolute atomic E-state index is 11.7. The Hall–Kier alpha value is -3.11. The SMILES string of the molecule is C=C(C)C(=O)Oc1ccc(CC(C2=CCC(N)C=C2)c2ccc(N)cc2)cc1. The van der Waals surface area contributed by atoms with Gasteiger partial charge >= 0.3 is 5.97 Å². The molecule has 2 aromatic carbocycles. The molecule has 1 aliphatic carbocycles. The fourth-order valence-corrected chi connectivity index (χ4v) is 3.19. The second-order valence-corrected chi connectivity index (χ2v) is 7.20. The molecule has 0 heterocycles. The van der Waals surface area contributed by atoms with E-state index >= 15 is 0 Å². The van der Waals surface area contributed by atoms with E-state index in [9.17, 15) is 4.79 Å². The summed E-state index contributed by atoms with van der Waals surface area (Å²) in [4.78, 5) is 11.7. The number of carbonyl (C=O) groups is 1. The first-order chi connectivity index (χ1) is 13.4. The highest BCUT2D eigenvalue weighted by atomic mass is 16.5. The molecule has 0 aliphatic heterocycles. The first-order valence-electron chi connectivity index (χ1n) is 9.38. The highest BCUT2D eigenvalue weighted by Crippen LogP contribution is 2.32. The second kappa shape index (κ2) is 8.72. The summed E-state index contributed by atoms with van der Waals surface area (Å²) in [6.45, 7) is 5.23. The number of carbonyl (C=O) groups excluding carboxylic acids is 1. The number of hydrogen-bond acceptors (Lipinski definition) is 4. The number of esters is 1. The highest BCUT2D eigenvalue weighted by molar-refractivity contribution is 5.88. The molecule has 0 radical (unpaired) electrons. The summed E-state index contributed by atoms with van der Waals surface area (Å²) in [7, 11) is 0. The van der Waals surface area contributed by atoms with Crippen molar-refractivity contribution in [2.75, 3.05) is 5.73 Å². The summed E-state index contributed by atoms with van der Waals surface area (Å²) in [5, 5.41) is 0. The molecule has 28 heavy (non-hydrogen) atoms. The third kappa shape index (κ3) is 4.99. The molecule has 0 saturated carbocycles. The zero-order chi connectivity index (χ0) is 20.1. The molecular weight excluding hydrogens is 348 g/mol. The predicted octanol–water partition coefficient (Wildman–Crippen LogP) is 4.29. The summed E-state index contributed by atoms with van der Waals surface area (Å²) in [5.41, 5.74) is 16.6. The molecular formula is C24H26N2O2. The van der Waals surface area contributed by atoms with Gasteiger partial charge in [-0.25, -0.2) is 4.79 Å². The van der Waals surface area contributed by atoms with Crippen molar-refractivity contribution in [3.05, 3.63) is 95.6 Å². The van der Waals surface area contributed by atoms with E-state index < -0.39 is 5.97 Å². The van der Waals surface area contributed by atoms with Gasteiger partial charge in [-0.15, -0.1) is 0 Å². The summed E-state index contributed by atoms with van der Waals surface area (Å²) >= 11 is 0. The normalized spacial score (nSPS) is 16.9. The van der Waals surface area contributed by atoms with Crippen molar-refractivity contribution in [2.24, 2.45) is 5.73 Å². The van der Waals surface area contributed by atoms with Crippen molar-refractivity contribution in [1.29, 1.82) is 0 Å². The van der Waals surface area contributed by atoms with Crippen LogP contribution in [0.3, 0.4) is 0 Å². The lowest BCUT2D eigenvalue weighted by Gasteiger charge is -2.23. The molecule has 4 heteroatoms. The minimum absolute atomic E-state index is 0.0816. The second-order valence-electron chi connectivity index (χ2n) is 7.20. The zero-order valence-corrected chi connectivity index (χ0v) is 16.1. The Balaban J connectivity index is 1.81. The predicted molar refractivity (Wildman–Crippen MR) is 114 cm³/mol. The van der Waals surface area contributed by atoms with Crippen LogP contribution in [0, 0.1) is 0 Å². The number of allylic oxidation sites excluding steroid dienone is 2. The molecule has 0 saturated heterocycles. The van der Waals surface area contributed by atoms with Crippen molar-refractivity contribution in [3.63, 3.8) is 0 Å². The Morgan fingerprint density at radius 1 is 1.18 bits per heavy atom. The van der Waals surface area contributed by atoms with E-state index in [0.717, 1.165) is 24.1 Å². The number of nitrogens with two attached hydrogens (primary N) is 2. The van der Waals surface area contributed by atoms with Crippen LogP contribution in [-0.4, -0.2) is 12.0 Å². The molecule has 4 nitrogen and oxygen atoms in total. The van der Waals surface area contributed by atoms with Crippen LogP contribution in [-0.2, 0) is 11.2 Å². The Kier molecular flexibility index (Phi) is 6.12. The lowest BCUT2D eigenvalue weighted by atomic mass is 9.83. The summed E-state index contributed by atoms with van der Waals surface area (Å²) < 4.78 is 5.27. The first kappa shape index (κ1) is 19.6. The molecule has 1 aliphatic rings. The largest absolute Gasteiger partial charge is 0.423 e. The van der Waals surface area contributed by atoms with Crippen LogP contribution in [0.5, 0.6) is 5.75 Å². The number of anilines is 1. The molecule has 0 aromatic heterocycles. The summed E-state index contributed by atoms with van der Waals surface area (Å²) in [5.74, 6) is 0.304. The fourth-order valence-electron chi connectivity index (χ4n) is 3.19. The molecule has 2 atom stereocenters. The van der Waals surface area contributed by atoms with Gasteiger partial charge in [0.2, 0.25) is 0 Å². The van der Waals surface area contributed by atoms with E-state index in [1.165, 1.54) is 11.1 Å². The zero-order valence-electron chi connectivity index (χ0n) is 16.1. The topological polar surface area (TPSA) is 78.3 Å². The Morgan fingerprint density at radius 2 is 1.86 bits per heavy atom. The van der Waals surface area contributed by atoms with Crippen LogP contribution >= 0.6 is 0 Å². The monoisotopic (exact) mass is 374 g/mol. The standard InChI is InChI=1S/C24H26N2O2/c1-16(2)24(27)28-22-13-3-17(4-14-22)15-23(18-5-9-20(25)10-6-18)19-7-11-21(26)12-8-19/h3-11,13-14,21,23H,1,12,15,25-26H2,2H3. The minimum atomic E-state index is -0.415. The number of benzene rings is 2. The number of hydrogen-bond donors (Lipinski definition) is 2. The van der Waals surface area contributed by atoms with E-state index in [2.05, 4.69) is 36.9 Å². The van der Waals surface area contributed by atoms with Crippen molar-refractivity contribution in [3.8, 4) is 5.75 Å². The van der Waals surface area contributed by atoms with Gasteiger partial charge in [0, 0.05) is 23.2 Å². The molecule has 0 amide bonds. The molecule has 144 valence electrons. The lowest BCUT2D eigenvalue weighted by Crippen LogP contribution is -2.19. The van der Waals surface area contributed by atoms with Gasteiger partial charge in [0.05, 0.1) is 0 Å². The quantitative estimate of drug-likeness (QED) is 0.342. The maximum atomic E-state index is 11.7. The molecule has 0 bridgehead atoms. The Morgan fingerprint density at radius 3 is 2.43 bits per heavy atom. The first-order valence-corrected chi connectivity index (χ1v) is 9.38. The van der Waals surface area contributed by atoms with E-state index in [-0.39, 0.29) is 12.0 Å². The maximum Gasteiger partial charge on any atom is 0.338 e. The third-order valence-corrected chi connectivity index (χ3v) is 4.82. The van der Waals surface area contributed by atoms with Gasteiger partial charge in [-0.2, -0.15) is 0 Å². The van der Waals surface area contributed by atoms with Crippen LogP contribution in [0.15, 0.2) is 84.5 Å². The van der Waals surface area contributed by atoms with Crippen molar-refractivity contribution in [2.45, 2.75) is 31.7 Å². The van der Waals surface area contributed by atoms with Gasteiger partial charge in [0.25, 0.3) is 0 Å². The minimum Gasteiger partial charge on any atom is -0.423 e. The van der Waals surface area contributed by atoms with Gasteiger partial charge in [0.1, 0.15) is 5.75 Å². The van der Waals surface area contributed by atoms with E-state index in [0.29, 0.717) is 11.3 Å². The van der Waals surface area contributed by atoms with Gasteiger partial charge in [-0.1, -0.05) is 49.1 Å². The Labute approximate surface area is 166 Å². The van der Waals surface area contributed by atoms with E-state index in [1.807, 2.05) is 36.4 Å². The smallest absolute Gasteiger partial charge is 0.338 e. The average molecular weight is 374 g/mol. The van der Waals surface area contributed by atoms with Crippen LogP contribution in [0.1, 0.15) is 30.4 Å². The molecule has 0 spiro atoms. The average Bonchev–Trinajstić information content (AvgIpc) is 2.69. The van der Waals surface area contributed by atoms with Crippen molar-refractivity contribution >= 4 is 11.7 Å². The van der Waals surface area contributed by atoms with Gasteiger partial charge in [0.15, 0.2) is 0 Å². The van der Waals surface area contributed by atoms with Crippen LogP contribution in [0.25, 0.3) is 0 Å². The molecule has 3 rings (SSSR count). The van der Waals surface area contributed by atoms with Crippen LogP contribution < -0.4 is 16.2 Å². The molecule has 4 N–H and O–H groups in total. The van der Waals surface area contributed by atoms with Gasteiger partial charge < -0.3 is 16.2 Å². The van der Waals surface area contributed by atoms with Crippen molar-refractivity contribution < 1.29 is 9.53 Å². The van der Waals surface area contributed by atoms with Crippen LogP contribution in [0.4, 0.5) is 5.69 Å². The number of ether oxygens (including phenoxy) is 1. The summed E-state index contributed by atoms with van der Waals surface area (Å²) in [6, 6.07) is 15.7. The van der Waals surface area contributed by atoms with Crippen LogP contribution in [0.2, 0.25) is 0 Å². The Bertz CT molecular complexity index is 909. The number of nitrogen functional groups attached to an aromatic ring is 1. The molecule has 2 aromatic rings. The molecule has 0 fully saturated rings. The van der Waals surface area contributed by atoms with Crippen molar-refractivity contribution in [1.82, 2.24) is 0 Å². The lowest BCUT2D eigenvalue weighted by molar-refractivity contribution is -0.130. The number of rotatable bonds is 6. The van der Waals surface area contributed by atoms with Gasteiger partial charge in [-0.05, 0) is 60.7 Å². The fraction of sp³-hybridized carbons (Fsp3) is 0.208. The summed E-state index contributed by atoms with van der Waals surface area (Å²) in [6.07, 6.45) is 8.06. The van der Waals surface area contributed by atoms with E-state index in [4.69, 9.17) is 16.2 Å². The van der Waals surface area contributed by atoms with Gasteiger partial charge in [-0.3, -0.25) is 0 Å². The molecule has 2 unspecified atom stereocenters. The third-order valence-electron chi connectivity index (χ3n) is 4.82. The highest BCUT2D eigenvalue weighted by Gasteiger charge is 2.18. The van der Waals surface area contributed by atoms with E-state index in [1.54, 1.807) is 6.92 Å².